The minimum Gasteiger partial charge on any atom is -0.495 e. The second kappa shape index (κ2) is 10.7. The Bertz CT molecular complexity index is 1130. The van der Waals surface area contributed by atoms with E-state index in [1.807, 2.05) is 30.3 Å². The van der Waals surface area contributed by atoms with Crippen molar-refractivity contribution in [1.82, 2.24) is 14.9 Å². The van der Waals surface area contributed by atoms with Crippen molar-refractivity contribution in [1.29, 1.82) is 0 Å². The number of amides is 2. The molecule has 3 aromatic rings. The van der Waals surface area contributed by atoms with Gasteiger partial charge < -0.3 is 14.4 Å². The van der Waals surface area contributed by atoms with Crippen LogP contribution in [0.25, 0.3) is 0 Å². The Hall–Kier alpha value is -4.01. The SMILES string of the molecule is COc1ccc(F)cc1N(C(=O)C1CCCN(C(=O)OCc2ccccc2)C1)c1ccncn1. The van der Waals surface area contributed by atoms with Crippen molar-refractivity contribution in [3.8, 4) is 5.75 Å². The van der Waals surface area contributed by atoms with Gasteiger partial charge in [-0.25, -0.2) is 19.2 Å². The zero-order valence-corrected chi connectivity index (χ0v) is 18.8. The maximum atomic E-state index is 14.2. The third-order valence-electron chi connectivity index (χ3n) is 5.63. The van der Waals surface area contributed by atoms with E-state index in [1.165, 1.54) is 47.6 Å². The molecule has 0 aliphatic carbocycles. The fraction of sp³-hybridized carbons (Fsp3) is 0.280. The fourth-order valence-corrected chi connectivity index (χ4v) is 3.95. The molecule has 0 N–H and O–H groups in total. The predicted octanol–water partition coefficient (Wildman–Crippen LogP) is 4.34. The highest BCUT2D eigenvalue weighted by molar-refractivity contribution is 6.02. The minimum atomic E-state index is -0.527. The highest BCUT2D eigenvalue weighted by atomic mass is 19.1. The summed E-state index contributed by atoms with van der Waals surface area (Å²) in [6.45, 7) is 0.836. The topological polar surface area (TPSA) is 84.9 Å². The van der Waals surface area contributed by atoms with Crippen LogP contribution < -0.4 is 9.64 Å². The van der Waals surface area contributed by atoms with E-state index in [2.05, 4.69) is 9.97 Å². The van der Waals surface area contributed by atoms with Crippen molar-refractivity contribution in [3.05, 3.63) is 78.5 Å². The van der Waals surface area contributed by atoms with Crippen molar-refractivity contribution < 1.29 is 23.5 Å². The summed E-state index contributed by atoms with van der Waals surface area (Å²) in [7, 11) is 1.45. The van der Waals surface area contributed by atoms with Gasteiger partial charge in [0.05, 0.1) is 18.7 Å². The lowest BCUT2D eigenvalue weighted by Gasteiger charge is -2.34. The van der Waals surface area contributed by atoms with Gasteiger partial charge in [0.1, 0.15) is 30.3 Å². The number of ether oxygens (including phenoxy) is 2. The van der Waals surface area contributed by atoms with E-state index >= 15 is 0 Å². The van der Waals surface area contributed by atoms with Crippen LogP contribution in [-0.4, -0.2) is 47.1 Å². The number of halogens is 1. The molecular formula is C25H25FN4O4. The molecule has 2 amide bonds. The summed E-state index contributed by atoms with van der Waals surface area (Å²) in [5, 5.41) is 0. The van der Waals surface area contributed by atoms with E-state index in [1.54, 1.807) is 6.07 Å². The molecule has 9 heteroatoms. The molecule has 2 heterocycles. The molecule has 1 aliphatic heterocycles. The Morgan fingerprint density at radius 1 is 1.18 bits per heavy atom. The molecule has 0 radical (unpaired) electrons. The summed E-state index contributed by atoms with van der Waals surface area (Å²) in [4.78, 5) is 37.4. The lowest BCUT2D eigenvalue weighted by molar-refractivity contribution is -0.123. The molecule has 8 nitrogen and oxygen atoms in total. The van der Waals surface area contributed by atoms with Crippen LogP contribution in [0.4, 0.5) is 20.7 Å². The Morgan fingerprint density at radius 2 is 2.00 bits per heavy atom. The van der Waals surface area contributed by atoms with Crippen LogP contribution >= 0.6 is 0 Å². The summed E-state index contributed by atoms with van der Waals surface area (Å²) in [5.41, 5.74) is 1.11. The molecular weight excluding hydrogens is 439 g/mol. The molecule has 0 spiro atoms. The summed E-state index contributed by atoms with van der Waals surface area (Å²) in [6.07, 6.45) is 3.55. The summed E-state index contributed by atoms with van der Waals surface area (Å²) in [6, 6.07) is 14.9. The molecule has 34 heavy (non-hydrogen) atoms. The van der Waals surface area contributed by atoms with Crippen LogP contribution in [-0.2, 0) is 16.1 Å². The second-order valence-corrected chi connectivity index (χ2v) is 7.88. The van der Waals surface area contributed by atoms with E-state index in [-0.39, 0.29) is 30.6 Å². The molecule has 2 aromatic carbocycles. The van der Waals surface area contributed by atoms with Gasteiger partial charge in [-0.1, -0.05) is 30.3 Å². The first-order chi connectivity index (χ1) is 16.6. The first kappa shape index (κ1) is 23.2. The second-order valence-electron chi connectivity index (χ2n) is 7.88. The summed E-state index contributed by atoms with van der Waals surface area (Å²) in [5.74, 6) is -0.752. The molecule has 0 saturated carbocycles. The van der Waals surface area contributed by atoms with Crippen LogP contribution in [0.5, 0.6) is 5.75 Å². The molecule has 1 fully saturated rings. The number of rotatable bonds is 6. The van der Waals surface area contributed by atoms with Crippen molar-refractivity contribution in [3.63, 3.8) is 0 Å². The maximum absolute atomic E-state index is 14.2. The van der Waals surface area contributed by atoms with Crippen LogP contribution in [0, 0.1) is 11.7 Å². The third-order valence-corrected chi connectivity index (χ3v) is 5.63. The van der Waals surface area contributed by atoms with Crippen molar-refractivity contribution in [2.24, 2.45) is 5.92 Å². The van der Waals surface area contributed by atoms with Crippen LogP contribution in [0.1, 0.15) is 18.4 Å². The van der Waals surface area contributed by atoms with Gasteiger partial charge in [-0.3, -0.25) is 9.69 Å². The van der Waals surface area contributed by atoms with Crippen LogP contribution in [0.15, 0.2) is 67.1 Å². The standard InChI is InChI=1S/C25H25FN4O4/c1-33-22-10-9-20(26)14-21(22)30(23-11-12-27-17-28-23)24(31)19-8-5-13-29(15-19)25(32)34-16-18-6-3-2-4-7-18/h2-4,6-7,9-12,14,17,19H,5,8,13,15-16H2,1H3. The van der Waals surface area contributed by atoms with Gasteiger partial charge in [-0.15, -0.1) is 0 Å². The zero-order chi connectivity index (χ0) is 23.9. The van der Waals surface area contributed by atoms with E-state index in [0.29, 0.717) is 25.1 Å². The predicted molar refractivity (Wildman–Crippen MR) is 123 cm³/mol. The number of hydrogen-bond donors (Lipinski definition) is 0. The quantitative estimate of drug-likeness (QED) is 0.540. The normalized spacial score (nSPS) is 15.5. The average Bonchev–Trinajstić information content (AvgIpc) is 2.89. The first-order valence-corrected chi connectivity index (χ1v) is 11.0. The fourth-order valence-electron chi connectivity index (χ4n) is 3.95. The van der Waals surface area contributed by atoms with Crippen LogP contribution in [0.2, 0.25) is 0 Å². The van der Waals surface area contributed by atoms with Crippen LogP contribution in [0.3, 0.4) is 0 Å². The monoisotopic (exact) mass is 464 g/mol. The number of carbonyl (C=O) groups excluding carboxylic acids is 2. The number of benzene rings is 2. The number of hydrogen-bond acceptors (Lipinski definition) is 6. The zero-order valence-electron chi connectivity index (χ0n) is 18.8. The van der Waals surface area contributed by atoms with Crippen molar-refractivity contribution in [2.75, 3.05) is 25.1 Å². The van der Waals surface area contributed by atoms with E-state index in [4.69, 9.17) is 9.47 Å². The Labute approximate surface area is 196 Å². The van der Waals surface area contributed by atoms with E-state index in [9.17, 15) is 14.0 Å². The molecule has 0 bridgehead atoms. The molecule has 1 unspecified atom stereocenters. The molecule has 1 atom stereocenters. The number of anilines is 2. The summed E-state index contributed by atoms with van der Waals surface area (Å²) >= 11 is 0. The molecule has 176 valence electrons. The van der Waals surface area contributed by atoms with E-state index in [0.717, 1.165) is 5.56 Å². The smallest absolute Gasteiger partial charge is 0.410 e. The molecule has 1 aliphatic rings. The maximum Gasteiger partial charge on any atom is 0.410 e. The Morgan fingerprint density at radius 3 is 2.74 bits per heavy atom. The number of nitrogens with zero attached hydrogens (tertiary/aromatic N) is 4. The molecule has 1 saturated heterocycles. The molecule has 4 rings (SSSR count). The largest absolute Gasteiger partial charge is 0.495 e. The number of aromatic nitrogens is 2. The highest BCUT2D eigenvalue weighted by Gasteiger charge is 2.34. The van der Waals surface area contributed by atoms with Gasteiger partial charge in [0.15, 0.2) is 0 Å². The Kier molecular flexibility index (Phi) is 7.31. The highest BCUT2D eigenvalue weighted by Crippen LogP contribution is 2.36. The van der Waals surface area contributed by atoms with Gasteiger partial charge in [-0.2, -0.15) is 0 Å². The Balaban J connectivity index is 1.54. The van der Waals surface area contributed by atoms with E-state index < -0.39 is 17.8 Å². The van der Waals surface area contributed by atoms with Crippen molar-refractivity contribution in [2.45, 2.75) is 19.4 Å². The average molecular weight is 464 g/mol. The third kappa shape index (κ3) is 5.31. The first-order valence-electron chi connectivity index (χ1n) is 11.0. The number of methoxy groups -OCH3 is 1. The number of carbonyl (C=O) groups is 2. The van der Waals surface area contributed by atoms with Gasteiger partial charge >= 0.3 is 6.09 Å². The van der Waals surface area contributed by atoms with Gasteiger partial charge in [0, 0.05) is 25.4 Å². The van der Waals surface area contributed by atoms with Crippen molar-refractivity contribution >= 4 is 23.5 Å². The van der Waals surface area contributed by atoms with Gasteiger partial charge in [-0.05, 0) is 36.6 Å². The lowest BCUT2D eigenvalue weighted by atomic mass is 9.96. The minimum absolute atomic E-state index is 0.155. The van der Waals surface area contributed by atoms with Gasteiger partial charge in [0.2, 0.25) is 5.91 Å². The summed E-state index contributed by atoms with van der Waals surface area (Å²) < 4.78 is 25.0. The van der Waals surface area contributed by atoms with Gasteiger partial charge in [0.25, 0.3) is 0 Å². The lowest BCUT2D eigenvalue weighted by Crippen LogP contribution is -2.46. The molecule has 1 aromatic heterocycles. The number of likely N-dealkylation sites (tertiary alicyclic amines) is 1. The number of piperidine rings is 1.